The Bertz CT molecular complexity index is 572. The van der Waals surface area contributed by atoms with Crippen LogP contribution in [0.3, 0.4) is 0 Å². The van der Waals surface area contributed by atoms with Crippen molar-refractivity contribution in [3.63, 3.8) is 0 Å². The average molecular weight is 363 g/mol. The molecule has 0 aromatic heterocycles. The first-order valence-electron chi connectivity index (χ1n) is 8.06. The van der Waals surface area contributed by atoms with Crippen LogP contribution in [0.25, 0.3) is 0 Å². The molecule has 2 rings (SSSR count). The third-order valence-electron chi connectivity index (χ3n) is 3.50. The van der Waals surface area contributed by atoms with Crippen LogP contribution < -0.4 is 4.74 Å². The Morgan fingerprint density at radius 3 is 1.96 bits per heavy atom. The second-order valence-corrected chi connectivity index (χ2v) is 7.62. The maximum atomic E-state index is 9.41. The van der Waals surface area contributed by atoms with E-state index in [1.54, 1.807) is 39.2 Å². The van der Waals surface area contributed by atoms with Gasteiger partial charge in [-0.15, -0.1) is 6.42 Å². The van der Waals surface area contributed by atoms with Gasteiger partial charge in [-0.3, -0.25) is 6.08 Å². The fraction of sp³-hybridized carbons (Fsp3) is 0.476. The van der Waals surface area contributed by atoms with Crippen molar-refractivity contribution in [2.45, 2.75) is 53.4 Å². The summed E-state index contributed by atoms with van der Waals surface area (Å²) < 4.78 is 5.07. The van der Waals surface area contributed by atoms with Gasteiger partial charge in [-0.25, -0.2) is 11.6 Å². The molecule has 1 aromatic rings. The van der Waals surface area contributed by atoms with Gasteiger partial charge in [0.25, 0.3) is 0 Å². The predicted octanol–water partition coefficient (Wildman–Crippen LogP) is 5.39. The molecule has 1 aliphatic rings. The van der Waals surface area contributed by atoms with Crippen molar-refractivity contribution in [2.24, 2.45) is 5.41 Å². The third-order valence-corrected chi connectivity index (χ3v) is 3.50. The number of methoxy groups -OCH3 is 1. The van der Waals surface area contributed by atoms with Crippen LogP contribution >= 0.6 is 0 Å². The second kappa shape index (κ2) is 10.0. The topological polar surface area (TPSA) is 29.5 Å². The van der Waals surface area contributed by atoms with Crippen molar-refractivity contribution >= 4 is 4.82 Å². The number of hydrogen-bond donors (Lipinski definition) is 1. The molecule has 0 amide bonds. The number of ether oxygens (including phenoxy) is 1. The fourth-order valence-electron chi connectivity index (χ4n) is 2.05. The quantitative estimate of drug-likeness (QED) is 0.536. The normalized spacial score (nSPS) is 13.3. The van der Waals surface area contributed by atoms with Gasteiger partial charge in [-0.2, -0.15) is 6.08 Å². The number of rotatable bonds is 1. The van der Waals surface area contributed by atoms with Gasteiger partial charge in [0.05, 0.1) is 7.11 Å². The van der Waals surface area contributed by atoms with Crippen molar-refractivity contribution in [2.75, 3.05) is 7.11 Å². The van der Waals surface area contributed by atoms with Gasteiger partial charge in [0.1, 0.15) is 11.5 Å². The molecular formula is C21H31O2Ti. The van der Waals surface area contributed by atoms with Gasteiger partial charge in [0.15, 0.2) is 0 Å². The molecule has 0 radical (unpaired) electrons. The maximum absolute atomic E-state index is 9.41. The van der Waals surface area contributed by atoms with Gasteiger partial charge in [0, 0.05) is 6.07 Å². The van der Waals surface area contributed by atoms with Crippen molar-refractivity contribution < 1.29 is 29.8 Å². The molecule has 2 nitrogen and oxygen atoms in total. The molecule has 0 fully saturated rings. The van der Waals surface area contributed by atoms with Gasteiger partial charge < -0.3 is 9.84 Å². The Morgan fingerprint density at radius 1 is 1.04 bits per heavy atom. The molecule has 131 valence electrons. The van der Waals surface area contributed by atoms with Crippen LogP contribution in [0.1, 0.15) is 53.5 Å². The molecular weight excluding hydrogens is 332 g/mol. The molecule has 24 heavy (non-hydrogen) atoms. The molecule has 0 unspecified atom stereocenters. The van der Waals surface area contributed by atoms with E-state index in [0.29, 0.717) is 11.2 Å². The third kappa shape index (κ3) is 8.12. The van der Waals surface area contributed by atoms with Crippen molar-refractivity contribution in [3.05, 3.63) is 47.6 Å². The van der Waals surface area contributed by atoms with Crippen LogP contribution in [0.2, 0.25) is 0 Å². The monoisotopic (exact) mass is 363 g/mol. The summed E-state index contributed by atoms with van der Waals surface area (Å²) in [5.74, 6) is 0.953. The zero-order valence-electron chi connectivity index (χ0n) is 16.2. The number of phenolic OH excluding ortho intramolecular Hbond substituents is 1. The van der Waals surface area contributed by atoms with E-state index in [4.69, 9.17) is 4.74 Å². The number of allylic oxidation sites excluding steroid dienone is 4. The molecule has 0 spiro atoms. The van der Waals surface area contributed by atoms with Gasteiger partial charge in [0.2, 0.25) is 0 Å². The molecule has 0 atom stereocenters. The van der Waals surface area contributed by atoms with E-state index in [-0.39, 0.29) is 11.2 Å². The summed E-state index contributed by atoms with van der Waals surface area (Å²) in [5.41, 5.74) is 2.76. The van der Waals surface area contributed by atoms with Crippen LogP contribution in [0.4, 0.5) is 0 Å². The Hall–Kier alpha value is -1.12. The summed E-state index contributed by atoms with van der Waals surface area (Å²) in [4.78, 5) is 3.25. The van der Waals surface area contributed by atoms with E-state index in [9.17, 15) is 5.11 Å². The van der Waals surface area contributed by atoms with Crippen molar-refractivity contribution in [1.29, 1.82) is 0 Å². The molecule has 0 saturated carbocycles. The summed E-state index contributed by atoms with van der Waals surface area (Å²) in [6.07, 6.45) is 8.63. The molecule has 0 aliphatic heterocycles. The van der Waals surface area contributed by atoms with Crippen LogP contribution in [0.15, 0.2) is 35.9 Å². The summed E-state index contributed by atoms with van der Waals surface area (Å²) >= 11 is 1.75. The minimum absolute atomic E-state index is 0.0338. The number of phenols is 1. The fourth-order valence-corrected chi connectivity index (χ4v) is 2.05. The molecule has 1 aliphatic carbocycles. The van der Waals surface area contributed by atoms with E-state index in [1.165, 1.54) is 5.57 Å². The summed E-state index contributed by atoms with van der Waals surface area (Å²) in [6, 6.07) is 5.32. The Kier molecular flexibility index (Phi) is 9.54. The molecule has 3 heteroatoms. The van der Waals surface area contributed by atoms with Crippen LogP contribution in [0.5, 0.6) is 11.5 Å². The van der Waals surface area contributed by atoms with Crippen LogP contribution in [-0.4, -0.2) is 17.0 Å². The van der Waals surface area contributed by atoms with E-state index in [2.05, 4.69) is 64.6 Å². The minimum atomic E-state index is 0.0338. The zero-order chi connectivity index (χ0) is 19.0. The summed E-state index contributed by atoms with van der Waals surface area (Å²) in [6.45, 7) is 12.9. The van der Waals surface area contributed by atoms with Crippen molar-refractivity contribution in [3.8, 4) is 11.5 Å². The SMILES string of the molecule is CC(C)(C)C1=[C-]CC=C1.COc1cc(O)cc(C(C)(C)C)c1.[CH2]=[Ti+]. The summed E-state index contributed by atoms with van der Waals surface area (Å²) in [7, 11) is 1.60. The zero-order valence-corrected chi connectivity index (χ0v) is 17.7. The first-order valence-corrected chi connectivity index (χ1v) is 9.16. The summed E-state index contributed by atoms with van der Waals surface area (Å²) in [5, 5.41) is 9.41. The predicted molar refractivity (Wildman–Crippen MR) is 100 cm³/mol. The first-order chi connectivity index (χ1) is 11.0. The second-order valence-electron chi connectivity index (χ2n) is 7.62. The Labute approximate surface area is 159 Å². The van der Waals surface area contributed by atoms with Gasteiger partial charge in [-0.05, 0) is 28.5 Å². The van der Waals surface area contributed by atoms with E-state index in [0.717, 1.165) is 12.0 Å². The van der Waals surface area contributed by atoms with Crippen molar-refractivity contribution in [1.82, 2.24) is 0 Å². The molecule has 1 aromatic carbocycles. The molecule has 0 heterocycles. The molecule has 1 N–H and O–H groups in total. The standard InChI is InChI=1S/C11H16O2.C9H13.CH2.Ti/c1-11(2,3)8-5-9(12)7-10(6-8)13-4;1-9(2,3)8-6-4-5-7-8;;/h5-7,12H,1-4H3;4,6H,5H2,1-3H3;1H2;/q;-1;;+1. The van der Waals surface area contributed by atoms with Crippen LogP contribution in [-0.2, 0) is 25.4 Å². The molecule has 0 saturated heterocycles. The first kappa shape index (κ1) is 22.9. The van der Waals surface area contributed by atoms with Gasteiger partial charge >= 0.3 is 24.8 Å². The number of benzene rings is 1. The number of aromatic hydroxyl groups is 1. The molecule has 0 bridgehead atoms. The van der Waals surface area contributed by atoms with E-state index < -0.39 is 0 Å². The van der Waals surface area contributed by atoms with E-state index in [1.807, 2.05) is 6.07 Å². The number of hydrogen-bond acceptors (Lipinski definition) is 2. The van der Waals surface area contributed by atoms with Crippen LogP contribution in [0, 0.1) is 11.5 Å². The Balaban J connectivity index is 0.000000420. The van der Waals surface area contributed by atoms with Gasteiger partial charge in [-0.1, -0.05) is 41.5 Å². The average Bonchev–Trinajstić information content (AvgIpc) is 3.03. The Morgan fingerprint density at radius 2 is 1.62 bits per heavy atom. The van der Waals surface area contributed by atoms with E-state index >= 15 is 0 Å².